The number of hydrogen-bond acceptors (Lipinski definition) is 1. The van der Waals surface area contributed by atoms with E-state index in [2.05, 4.69) is 62.2 Å². The van der Waals surface area contributed by atoms with Gasteiger partial charge in [-0.3, -0.25) is 4.98 Å². The maximum absolute atomic E-state index is 4.90. The van der Waals surface area contributed by atoms with Crippen molar-refractivity contribution >= 4 is 13.3 Å². The van der Waals surface area contributed by atoms with E-state index in [1.54, 1.807) is 17.2 Å². The summed E-state index contributed by atoms with van der Waals surface area (Å²) in [5.41, 5.74) is 4.04. The topological polar surface area (TPSA) is 12.9 Å². The minimum absolute atomic E-state index is 0.930. The minimum atomic E-state index is -1.39. The summed E-state index contributed by atoms with van der Waals surface area (Å²) in [6.45, 7) is 7.44. The van der Waals surface area contributed by atoms with Crippen LogP contribution in [-0.2, 0) is 6.42 Å². The first-order chi connectivity index (χ1) is 13.0. The van der Waals surface area contributed by atoms with Gasteiger partial charge in [0, 0.05) is 11.8 Å². The number of benzene rings is 1. The second-order valence-electron chi connectivity index (χ2n) is 10.6. The molecule has 0 N–H and O–H groups in total. The van der Waals surface area contributed by atoms with E-state index in [1.807, 2.05) is 0 Å². The Hall–Kier alpha value is -1.41. The maximum atomic E-state index is 4.90. The maximum Gasteiger partial charge on any atom is 0.0799 e. The Morgan fingerprint density at radius 2 is 1.52 bits per heavy atom. The average molecular weight is 376 g/mol. The van der Waals surface area contributed by atoms with E-state index in [0.29, 0.717) is 0 Å². The zero-order valence-electron chi connectivity index (χ0n) is 17.1. The van der Waals surface area contributed by atoms with Gasteiger partial charge in [0.1, 0.15) is 0 Å². The molecule has 6 rings (SSSR count). The van der Waals surface area contributed by atoms with Crippen LogP contribution < -0.4 is 5.19 Å². The van der Waals surface area contributed by atoms with E-state index in [0.717, 1.165) is 35.3 Å². The fourth-order valence-corrected chi connectivity index (χ4v) is 8.32. The molecular weight excluding hydrogens is 342 g/mol. The smallest absolute Gasteiger partial charge is 0.0799 e. The van der Waals surface area contributed by atoms with Crippen molar-refractivity contribution < 1.29 is 0 Å². The Bertz CT molecular complexity index is 792. The van der Waals surface area contributed by atoms with Crippen molar-refractivity contribution in [3.05, 3.63) is 48.2 Å². The molecule has 1 heterocycles. The predicted molar refractivity (Wildman–Crippen MR) is 117 cm³/mol. The Labute approximate surface area is 165 Å². The Morgan fingerprint density at radius 3 is 2.11 bits per heavy atom. The van der Waals surface area contributed by atoms with Crippen LogP contribution in [0.1, 0.15) is 37.7 Å². The summed E-state index contributed by atoms with van der Waals surface area (Å²) >= 11 is 0. The van der Waals surface area contributed by atoms with Gasteiger partial charge in [0.05, 0.1) is 13.8 Å². The summed E-state index contributed by atoms with van der Waals surface area (Å²) in [7, 11) is -1.39. The third kappa shape index (κ3) is 3.31. The lowest BCUT2D eigenvalue weighted by Gasteiger charge is -2.54. The first-order valence-corrected chi connectivity index (χ1v) is 14.5. The molecule has 0 unspecified atom stereocenters. The lowest BCUT2D eigenvalue weighted by atomic mass is 9.51. The van der Waals surface area contributed by atoms with Gasteiger partial charge in [0.15, 0.2) is 0 Å². The summed E-state index contributed by atoms with van der Waals surface area (Å²) in [4.78, 5) is 4.90. The fourth-order valence-electron chi connectivity index (χ4n) is 6.73. The predicted octanol–water partition coefficient (Wildman–Crippen LogP) is 5.91. The van der Waals surface area contributed by atoms with E-state index in [4.69, 9.17) is 4.98 Å². The molecule has 1 nitrogen and oxygen atoms in total. The molecule has 4 aliphatic rings. The number of nitrogens with zero attached hydrogens (tertiary/aromatic N) is 1. The van der Waals surface area contributed by atoms with Crippen LogP contribution in [0.25, 0.3) is 11.3 Å². The average Bonchev–Trinajstić information content (AvgIpc) is 2.64. The molecule has 0 radical (unpaired) electrons. The van der Waals surface area contributed by atoms with Crippen LogP contribution in [0.3, 0.4) is 0 Å². The van der Waals surface area contributed by atoms with Gasteiger partial charge in [-0.1, -0.05) is 50.0 Å². The standard InChI is InChI=1S/C25H33NSi/c1-27(2,3)25-16-26-24(19-7-5-4-6-8-19)15-22(25)14-23-20-10-17-9-18(12-20)13-21(23)11-17/h4-8,15-18,20-21,23H,9-14H2,1-3H3. The van der Waals surface area contributed by atoms with Crippen molar-refractivity contribution in [2.75, 3.05) is 0 Å². The van der Waals surface area contributed by atoms with Crippen LogP contribution in [-0.4, -0.2) is 13.1 Å². The zero-order valence-corrected chi connectivity index (χ0v) is 18.1. The molecule has 4 aliphatic carbocycles. The molecule has 4 fully saturated rings. The van der Waals surface area contributed by atoms with E-state index in [1.165, 1.54) is 37.7 Å². The molecule has 0 aliphatic heterocycles. The number of aromatic nitrogens is 1. The molecule has 0 spiro atoms. The van der Waals surface area contributed by atoms with Crippen LogP contribution >= 0.6 is 0 Å². The van der Waals surface area contributed by atoms with E-state index >= 15 is 0 Å². The Morgan fingerprint density at radius 1 is 0.889 bits per heavy atom. The molecule has 0 amide bonds. The van der Waals surface area contributed by atoms with E-state index in [-0.39, 0.29) is 0 Å². The molecule has 1 aromatic carbocycles. The van der Waals surface area contributed by atoms with Crippen molar-refractivity contribution in [1.82, 2.24) is 4.98 Å². The van der Waals surface area contributed by atoms with Crippen molar-refractivity contribution in [3.63, 3.8) is 0 Å². The minimum Gasteiger partial charge on any atom is -0.256 e. The largest absolute Gasteiger partial charge is 0.256 e. The van der Waals surface area contributed by atoms with Gasteiger partial charge in [0.25, 0.3) is 0 Å². The van der Waals surface area contributed by atoms with Crippen molar-refractivity contribution in [2.24, 2.45) is 29.6 Å². The van der Waals surface area contributed by atoms with Gasteiger partial charge in [-0.15, -0.1) is 0 Å². The summed E-state index contributed by atoms with van der Waals surface area (Å²) in [5.74, 6) is 5.07. The second kappa shape index (κ2) is 6.58. The SMILES string of the molecule is C[Si](C)(C)c1cnc(-c2ccccc2)cc1CC1C2CC3CC(C2)CC1C3. The highest BCUT2D eigenvalue weighted by Gasteiger charge is 2.48. The molecule has 2 heteroatoms. The van der Waals surface area contributed by atoms with Crippen LogP contribution in [0, 0.1) is 29.6 Å². The van der Waals surface area contributed by atoms with Gasteiger partial charge in [-0.05, 0) is 84.9 Å². The first-order valence-electron chi connectivity index (χ1n) is 11.0. The molecule has 1 aromatic heterocycles. The zero-order chi connectivity index (χ0) is 18.6. The third-order valence-corrected chi connectivity index (χ3v) is 9.81. The Balaban J connectivity index is 1.50. The first kappa shape index (κ1) is 17.7. The summed E-state index contributed by atoms with van der Waals surface area (Å²) < 4.78 is 0. The lowest BCUT2D eigenvalue weighted by Crippen LogP contribution is -2.47. The number of rotatable bonds is 4. The quantitative estimate of drug-likeness (QED) is 0.605. The summed E-state index contributed by atoms with van der Waals surface area (Å²) in [6.07, 6.45) is 11.2. The van der Waals surface area contributed by atoms with Crippen molar-refractivity contribution in [2.45, 2.75) is 58.2 Å². The molecule has 4 bridgehead atoms. The van der Waals surface area contributed by atoms with Gasteiger partial charge in [0.2, 0.25) is 0 Å². The fraction of sp³-hybridized carbons (Fsp3) is 0.560. The van der Waals surface area contributed by atoms with E-state index < -0.39 is 8.07 Å². The molecule has 27 heavy (non-hydrogen) atoms. The third-order valence-electron chi connectivity index (χ3n) is 7.74. The molecule has 2 aromatic rings. The van der Waals surface area contributed by atoms with Crippen molar-refractivity contribution in [1.29, 1.82) is 0 Å². The van der Waals surface area contributed by atoms with Crippen LogP contribution in [0.2, 0.25) is 19.6 Å². The summed E-state index contributed by atoms with van der Waals surface area (Å²) in [6, 6.07) is 13.2. The molecule has 4 saturated carbocycles. The molecule has 142 valence electrons. The monoisotopic (exact) mass is 375 g/mol. The van der Waals surface area contributed by atoms with E-state index in [9.17, 15) is 0 Å². The Kier molecular flexibility index (Phi) is 4.31. The lowest BCUT2D eigenvalue weighted by molar-refractivity contribution is -0.0359. The highest BCUT2D eigenvalue weighted by atomic mass is 28.3. The van der Waals surface area contributed by atoms with Gasteiger partial charge in [-0.25, -0.2) is 0 Å². The number of pyridine rings is 1. The van der Waals surface area contributed by atoms with Gasteiger partial charge in [-0.2, -0.15) is 0 Å². The number of hydrogen-bond donors (Lipinski definition) is 0. The molecule has 0 saturated heterocycles. The van der Waals surface area contributed by atoms with Crippen LogP contribution in [0.4, 0.5) is 0 Å². The highest BCUT2D eigenvalue weighted by Crippen LogP contribution is 2.57. The normalized spacial score (nSPS) is 32.0. The van der Waals surface area contributed by atoms with Gasteiger partial charge >= 0.3 is 0 Å². The van der Waals surface area contributed by atoms with Crippen LogP contribution in [0.15, 0.2) is 42.6 Å². The van der Waals surface area contributed by atoms with Gasteiger partial charge < -0.3 is 0 Å². The second-order valence-corrected chi connectivity index (χ2v) is 15.7. The molecular formula is C25H33NSi. The van der Waals surface area contributed by atoms with Crippen LogP contribution in [0.5, 0.6) is 0 Å². The highest BCUT2D eigenvalue weighted by molar-refractivity contribution is 6.89. The van der Waals surface area contributed by atoms with Crippen molar-refractivity contribution in [3.8, 4) is 11.3 Å². The summed E-state index contributed by atoms with van der Waals surface area (Å²) in [5, 5.41) is 1.59. The molecule has 0 atom stereocenters.